The second-order valence-electron chi connectivity index (χ2n) is 8.89. The number of pyridine rings is 4. The zero-order valence-corrected chi connectivity index (χ0v) is 20.2. The predicted molar refractivity (Wildman–Crippen MR) is 146 cm³/mol. The molecule has 0 bridgehead atoms. The Bertz CT molecular complexity index is 1880. The summed E-state index contributed by atoms with van der Waals surface area (Å²) in [5, 5.41) is 9.63. The van der Waals surface area contributed by atoms with E-state index in [-0.39, 0.29) is 0 Å². The number of aromatic nitrogens is 7. The standard InChI is InChI=1S/C30H21N7O/c1-2-6-19(7-3-1)18-38-21-12-20(15-31-16-21)26-14-24-28(17-34-26)36-37-29(24)27-13-23-22(9-11-33-30(23)35-27)25-8-4-5-10-32-25/h1-17H,18H2,(H,33,35)(H,36,37). The number of nitrogens with zero attached hydrogens (tertiary/aromatic N) is 5. The highest BCUT2D eigenvalue weighted by molar-refractivity contribution is 5.99. The summed E-state index contributed by atoms with van der Waals surface area (Å²) in [6.07, 6.45) is 8.87. The van der Waals surface area contributed by atoms with Crippen LogP contribution in [0, 0.1) is 0 Å². The molecule has 2 N–H and O–H groups in total. The Hall–Kier alpha value is -5.37. The lowest BCUT2D eigenvalue weighted by Crippen LogP contribution is -1.96. The van der Waals surface area contributed by atoms with E-state index in [0.29, 0.717) is 12.4 Å². The monoisotopic (exact) mass is 495 g/mol. The lowest BCUT2D eigenvalue weighted by Gasteiger charge is -2.08. The van der Waals surface area contributed by atoms with Gasteiger partial charge in [-0.2, -0.15) is 5.10 Å². The van der Waals surface area contributed by atoms with Gasteiger partial charge >= 0.3 is 0 Å². The number of rotatable bonds is 6. The SMILES string of the molecule is c1ccc(COc2cncc(-c3cc4c(-c5cc6c(-c7ccccn7)ccnc6[nH]5)n[nH]c4cn3)c2)cc1. The van der Waals surface area contributed by atoms with Gasteiger partial charge in [-0.05, 0) is 42.0 Å². The Morgan fingerprint density at radius 3 is 2.55 bits per heavy atom. The van der Waals surface area contributed by atoms with Crippen molar-refractivity contribution >= 4 is 21.9 Å². The third kappa shape index (κ3) is 4.04. The van der Waals surface area contributed by atoms with Crippen LogP contribution < -0.4 is 4.74 Å². The van der Waals surface area contributed by atoms with Gasteiger partial charge in [0.25, 0.3) is 0 Å². The Morgan fingerprint density at radius 2 is 1.66 bits per heavy atom. The van der Waals surface area contributed by atoms with E-state index in [4.69, 9.17) is 4.74 Å². The van der Waals surface area contributed by atoms with Gasteiger partial charge < -0.3 is 9.72 Å². The van der Waals surface area contributed by atoms with Gasteiger partial charge in [0, 0.05) is 40.5 Å². The van der Waals surface area contributed by atoms with Crippen molar-refractivity contribution in [2.75, 3.05) is 0 Å². The average Bonchev–Trinajstić information content (AvgIpc) is 3.61. The third-order valence-corrected chi connectivity index (χ3v) is 6.43. The van der Waals surface area contributed by atoms with Gasteiger partial charge in [-0.25, -0.2) is 4.98 Å². The Morgan fingerprint density at radius 1 is 0.737 bits per heavy atom. The van der Waals surface area contributed by atoms with E-state index in [1.54, 1.807) is 31.0 Å². The second kappa shape index (κ2) is 9.25. The molecule has 0 aliphatic rings. The van der Waals surface area contributed by atoms with Gasteiger partial charge in [-0.1, -0.05) is 36.4 Å². The zero-order chi connectivity index (χ0) is 25.3. The number of nitrogens with one attached hydrogen (secondary N) is 2. The van der Waals surface area contributed by atoms with E-state index in [1.807, 2.05) is 66.7 Å². The highest BCUT2D eigenvalue weighted by atomic mass is 16.5. The molecule has 8 nitrogen and oxygen atoms in total. The van der Waals surface area contributed by atoms with Crippen molar-refractivity contribution in [2.45, 2.75) is 6.61 Å². The maximum atomic E-state index is 5.98. The summed E-state index contributed by atoms with van der Waals surface area (Å²) in [5.41, 5.74) is 7.91. The van der Waals surface area contributed by atoms with Crippen molar-refractivity contribution in [2.24, 2.45) is 0 Å². The van der Waals surface area contributed by atoms with E-state index in [0.717, 1.165) is 61.4 Å². The Kier molecular flexibility index (Phi) is 5.33. The lowest BCUT2D eigenvalue weighted by atomic mass is 10.1. The Balaban J connectivity index is 1.24. The highest BCUT2D eigenvalue weighted by Gasteiger charge is 2.16. The second-order valence-corrected chi connectivity index (χ2v) is 8.89. The molecule has 0 saturated carbocycles. The smallest absolute Gasteiger partial charge is 0.138 e. The predicted octanol–water partition coefficient (Wildman–Crippen LogP) is 6.20. The molecular weight excluding hydrogens is 474 g/mol. The molecule has 0 aliphatic heterocycles. The third-order valence-electron chi connectivity index (χ3n) is 6.43. The van der Waals surface area contributed by atoms with Crippen LogP contribution in [-0.2, 0) is 6.61 Å². The van der Waals surface area contributed by atoms with Crippen LogP contribution in [0.2, 0.25) is 0 Å². The molecule has 6 aromatic heterocycles. The fourth-order valence-electron chi connectivity index (χ4n) is 4.56. The molecule has 38 heavy (non-hydrogen) atoms. The van der Waals surface area contributed by atoms with Gasteiger partial charge in [-0.3, -0.25) is 20.1 Å². The van der Waals surface area contributed by atoms with Crippen molar-refractivity contribution in [1.29, 1.82) is 0 Å². The summed E-state index contributed by atoms with van der Waals surface area (Å²) in [6, 6.07) is 24.0. The molecule has 0 saturated heterocycles. The summed E-state index contributed by atoms with van der Waals surface area (Å²) in [7, 11) is 0. The van der Waals surface area contributed by atoms with Crippen LogP contribution in [0.1, 0.15) is 5.56 Å². The molecule has 0 amide bonds. The van der Waals surface area contributed by atoms with Crippen molar-refractivity contribution < 1.29 is 4.74 Å². The topological polar surface area (TPSA) is 105 Å². The molecule has 7 aromatic rings. The van der Waals surface area contributed by atoms with Gasteiger partial charge in [-0.15, -0.1) is 0 Å². The summed E-state index contributed by atoms with van der Waals surface area (Å²) in [5.74, 6) is 0.685. The van der Waals surface area contributed by atoms with E-state index in [2.05, 4.69) is 41.2 Å². The van der Waals surface area contributed by atoms with Crippen molar-refractivity contribution in [1.82, 2.24) is 35.1 Å². The molecule has 0 atom stereocenters. The maximum Gasteiger partial charge on any atom is 0.138 e. The zero-order valence-electron chi connectivity index (χ0n) is 20.2. The number of benzene rings is 1. The van der Waals surface area contributed by atoms with Gasteiger partial charge in [0.1, 0.15) is 23.7 Å². The van der Waals surface area contributed by atoms with Gasteiger partial charge in [0.15, 0.2) is 0 Å². The molecule has 1 aromatic carbocycles. The fourth-order valence-corrected chi connectivity index (χ4v) is 4.56. The average molecular weight is 496 g/mol. The van der Waals surface area contributed by atoms with Crippen molar-refractivity contribution in [3.8, 4) is 39.7 Å². The minimum Gasteiger partial charge on any atom is -0.487 e. The minimum atomic E-state index is 0.471. The quantitative estimate of drug-likeness (QED) is 0.284. The number of ether oxygens (including phenoxy) is 1. The summed E-state index contributed by atoms with van der Waals surface area (Å²) >= 11 is 0. The molecule has 0 radical (unpaired) electrons. The number of hydrogen-bond donors (Lipinski definition) is 2. The molecule has 7 rings (SSSR count). The van der Waals surface area contributed by atoms with Crippen molar-refractivity contribution in [3.05, 3.63) is 109 Å². The van der Waals surface area contributed by atoms with Gasteiger partial charge in [0.05, 0.1) is 35.0 Å². The van der Waals surface area contributed by atoms with Crippen LogP contribution in [0.25, 0.3) is 55.8 Å². The maximum absolute atomic E-state index is 5.98. The largest absolute Gasteiger partial charge is 0.487 e. The number of hydrogen-bond acceptors (Lipinski definition) is 6. The molecule has 8 heteroatoms. The van der Waals surface area contributed by atoms with E-state index < -0.39 is 0 Å². The van der Waals surface area contributed by atoms with Crippen LogP contribution >= 0.6 is 0 Å². The lowest BCUT2D eigenvalue weighted by molar-refractivity contribution is 0.305. The first-order chi connectivity index (χ1) is 18.8. The van der Waals surface area contributed by atoms with Crippen LogP contribution in [-0.4, -0.2) is 35.1 Å². The number of aromatic amines is 2. The van der Waals surface area contributed by atoms with E-state index >= 15 is 0 Å². The summed E-state index contributed by atoms with van der Waals surface area (Å²) in [4.78, 5) is 21.5. The molecule has 0 fully saturated rings. The fraction of sp³-hybridized carbons (Fsp3) is 0.0333. The molecule has 0 unspecified atom stereocenters. The van der Waals surface area contributed by atoms with Gasteiger partial charge in [0.2, 0.25) is 0 Å². The summed E-state index contributed by atoms with van der Waals surface area (Å²) < 4.78 is 5.98. The summed E-state index contributed by atoms with van der Waals surface area (Å²) in [6.45, 7) is 0.471. The van der Waals surface area contributed by atoms with Crippen LogP contribution in [0.3, 0.4) is 0 Å². The van der Waals surface area contributed by atoms with E-state index in [9.17, 15) is 0 Å². The Labute approximate surface area is 217 Å². The highest BCUT2D eigenvalue weighted by Crippen LogP contribution is 2.33. The minimum absolute atomic E-state index is 0.471. The molecule has 0 spiro atoms. The van der Waals surface area contributed by atoms with Crippen LogP contribution in [0.5, 0.6) is 5.75 Å². The first kappa shape index (κ1) is 21.9. The van der Waals surface area contributed by atoms with Crippen molar-refractivity contribution in [3.63, 3.8) is 0 Å². The van der Waals surface area contributed by atoms with E-state index in [1.165, 1.54) is 0 Å². The number of fused-ring (bicyclic) bond motifs is 2. The molecular formula is C30H21N7O. The normalized spacial score (nSPS) is 11.3. The molecule has 6 heterocycles. The first-order valence-electron chi connectivity index (χ1n) is 12.2. The number of H-pyrrole nitrogens is 2. The molecule has 182 valence electrons. The van der Waals surface area contributed by atoms with Crippen LogP contribution in [0.15, 0.2) is 104 Å². The first-order valence-corrected chi connectivity index (χ1v) is 12.2. The van der Waals surface area contributed by atoms with Crippen LogP contribution in [0.4, 0.5) is 0 Å². The molecule has 0 aliphatic carbocycles.